The van der Waals surface area contributed by atoms with Crippen LogP contribution in [0.2, 0.25) is 0 Å². The molecule has 2 aromatic heterocycles. The second-order valence-electron chi connectivity index (χ2n) is 12.3. The zero-order chi connectivity index (χ0) is 32.0. The first-order valence-electron chi connectivity index (χ1n) is 15.0. The minimum atomic E-state index is -1.20. The summed E-state index contributed by atoms with van der Waals surface area (Å²) < 4.78 is 26.4. The third-order valence-corrected chi connectivity index (χ3v) is 7.70. The van der Waals surface area contributed by atoms with E-state index < -0.39 is 29.8 Å². The van der Waals surface area contributed by atoms with Crippen molar-refractivity contribution < 1.29 is 28.2 Å². The molecule has 4 rings (SSSR count). The summed E-state index contributed by atoms with van der Waals surface area (Å²) in [5, 5.41) is 9.81. The molecule has 1 unspecified atom stereocenters. The van der Waals surface area contributed by atoms with Crippen molar-refractivity contribution in [3.8, 4) is 0 Å². The number of rotatable bonds is 7. The maximum atomic E-state index is 14.7. The second-order valence-corrected chi connectivity index (χ2v) is 12.3. The van der Waals surface area contributed by atoms with Gasteiger partial charge in [0, 0.05) is 25.4 Å². The molecule has 4 N–H and O–H groups in total. The number of ether oxygens (including phenoxy) is 2. The molecular weight excluding hydrogens is 571 g/mol. The molecular formula is C30H43FN8O5. The molecule has 1 saturated carbocycles. The minimum absolute atomic E-state index is 0.00443. The lowest BCUT2D eigenvalue weighted by molar-refractivity contribution is -0.145. The van der Waals surface area contributed by atoms with Crippen LogP contribution < -0.4 is 21.3 Å². The maximum absolute atomic E-state index is 14.7. The van der Waals surface area contributed by atoms with Crippen LogP contribution in [0, 0.1) is 5.92 Å². The third kappa shape index (κ3) is 8.44. The van der Waals surface area contributed by atoms with Crippen molar-refractivity contribution in [2.75, 3.05) is 25.1 Å². The van der Waals surface area contributed by atoms with Crippen LogP contribution in [0.5, 0.6) is 0 Å². The predicted octanol–water partition coefficient (Wildman–Crippen LogP) is 3.28. The number of esters is 1. The van der Waals surface area contributed by atoms with Gasteiger partial charge in [-0.2, -0.15) is 5.10 Å². The number of alkyl halides is 1. The fourth-order valence-corrected chi connectivity index (χ4v) is 5.60. The van der Waals surface area contributed by atoms with E-state index in [0.29, 0.717) is 30.2 Å². The van der Waals surface area contributed by atoms with Gasteiger partial charge in [-0.05, 0) is 59.4 Å². The van der Waals surface area contributed by atoms with Gasteiger partial charge in [0.2, 0.25) is 0 Å². The lowest BCUT2D eigenvalue weighted by Gasteiger charge is -2.36. The van der Waals surface area contributed by atoms with Crippen LogP contribution >= 0.6 is 0 Å². The Labute approximate surface area is 256 Å². The number of aromatic nitrogens is 3. The Kier molecular flexibility index (Phi) is 10.4. The number of piperidine rings is 1. The lowest BCUT2D eigenvalue weighted by atomic mass is 10.0. The van der Waals surface area contributed by atoms with Crippen LogP contribution in [0.3, 0.4) is 0 Å². The molecule has 2 aliphatic rings. The Bertz CT molecular complexity index is 1420. The average Bonchev–Trinajstić information content (AvgIpc) is 3.25. The molecule has 2 fully saturated rings. The molecule has 0 bridgehead atoms. The summed E-state index contributed by atoms with van der Waals surface area (Å²) in [5.74, 6) is -0.343. The molecule has 13 nitrogen and oxygen atoms in total. The van der Waals surface area contributed by atoms with Crippen molar-refractivity contribution in [2.45, 2.75) is 90.1 Å². The van der Waals surface area contributed by atoms with Crippen molar-refractivity contribution in [1.82, 2.24) is 25.2 Å². The van der Waals surface area contributed by atoms with Crippen molar-refractivity contribution in [1.29, 1.82) is 0 Å². The molecule has 4 atom stereocenters. The topological polar surface area (TPSA) is 166 Å². The summed E-state index contributed by atoms with van der Waals surface area (Å²) in [6.45, 7) is 7.46. The summed E-state index contributed by atoms with van der Waals surface area (Å²) in [7, 11) is 1.41. The van der Waals surface area contributed by atoms with E-state index in [1.807, 2.05) is 0 Å². The molecule has 0 aromatic carbocycles. The van der Waals surface area contributed by atoms with Crippen molar-refractivity contribution in [3.63, 3.8) is 0 Å². The molecule has 3 heterocycles. The molecule has 44 heavy (non-hydrogen) atoms. The molecule has 0 radical (unpaired) electrons. The predicted molar refractivity (Wildman–Crippen MR) is 163 cm³/mol. The number of carbonyl (C=O) groups is 3. The molecule has 2 amide bonds. The van der Waals surface area contributed by atoms with Crippen molar-refractivity contribution >= 4 is 35.1 Å². The Morgan fingerprint density at radius 2 is 1.95 bits per heavy atom. The lowest BCUT2D eigenvalue weighted by Crippen LogP contribution is -2.52. The van der Waals surface area contributed by atoms with Gasteiger partial charge in [0.05, 0.1) is 49.3 Å². The first-order valence-corrected chi connectivity index (χ1v) is 15.0. The number of hydrogen-bond acceptors (Lipinski definition) is 10. The smallest absolute Gasteiger partial charge is 0.407 e. The molecule has 0 spiro atoms. The van der Waals surface area contributed by atoms with Crippen LogP contribution in [0.15, 0.2) is 35.3 Å². The number of aliphatic imine (C=N–C) groups is 1. The first kappa shape index (κ1) is 32.7. The second kappa shape index (κ2) is 14.0. The number of nitrogens with one attached hydrogen (secondary N) is 2. The zero-order valence-electron chi connectivity index (χ0n) is 26.0. The van der Waals surface area contributed by atoms with Crippen molar-refractivity contribution in [3.05, 3.63) is 35.9 Å². The van der Waals surface area contributed by atoms with E-state index >= 15 is 0 Å². The van der Waals surface area contributed by atoms with Gasteiger partial charge in [-0.1, -0.05) is 6.42 Å². The summed E-state index contributed by atoms with van der Waals surface area (Å²) >= 11 is 0. The largest absolute Gasteiger partial charge is 0.469 e. The number of allylic oxidation sites excluding steroid dienone is 1. The molecule has 1 aliphatic heterocycles. The highest BCUT2D eigenvalue weighted by Crippen LogP contribution is 2.27. The normalized spacial score (nSPS) is 23.5. The standard InChI is InChI=1S/C30H43FN8O5/c1-18(34-21-8-6-7-19(9-10-21)28(41)43-5)24(14-32)36-27(40)23-15-33-39-12-11-25(37-26(23)39)38-16-20(31)13-22(17-38)35-29(42)44-30(2,3)4/h11-12,14-15,19-22H,6-10,13,16-17,32H2,1-5H3,(H,35,42)(H,36,40)/b24-14+,34-18?/t19-,20+,21?,22+/m0/s1. The van der Waals surface area contributed by atoms with Crippen LogP contribution in [0.4, 0.5) is 15.0 Å². The highest BCUT2D eigenvalue weighted by atomic mass is 19.1. The molecule has 240 valence electrons. The third-order valence-electron chi connectivity index (χ3n) is 7.70. The van der Waals surface area contributed by atoms with Gasteiger partial charge in [0.25, 0.3) is 5.91 Å². The quantitative estimate of drug-likeness (QED) is 0.241. The number of nitrogens with two attached hydrogens (primary N) is 1. The highest BCUT2D eigenvalue weighted by molar-refractivity contribution is 6.07. The van der Waals surface area contributed by atoms with Gasteiger partial charge in [-0.15, -0.1) is 0 Å². The van der Waals surface area contributed by atoms with E-state index in [9.17, 15) is 18.8 Å². The van der Waals surface area contributed by atoms with Gasteiger partial charge in [-0.25, -0.2) is 18.7 Å². The first-order chi connectivity index (χ1) is 20.9. The number of hydrogen-bond donors (Lipinski definition) is 3. The number of methoxy groups -OCH3 is 1. The summed E-state index contributed by atoms with van der Waals surface area (Å²) in [4.78, 5) is 48.8. The average molecular weight is 615 g/mol. The molecule has 14 heteroatoms. The summed E-state index contributed by atoms with van der Waals surface area (Å²) in [6, 6.07) is 1.19. The van der Waals surface area contributed by atoms with Gasteiger partial charge in [0.1, 0.15) is 23.2 Å². The fourth-order valence-electron chi connectivity index (χ4n) is 5.60. The number of carbonyl (C=O) groups excluding carboxylic acids is 3. The van der Waals surface area contributed by atoms with Gasteiger partial charge in [0.15, 0.2) is 5.65 Å². The van der Waals surface area contributed by atoms with E-state index in [-0.39, 0.29) is 42.1 Å². The number of nitrogens with zero attached hydrogens (tertiary/aromatic N) is 5. The number of amides is 2. The fraction of sp³-hybridized carbons (Fsp3) is 0.600. The number of fused-ring (bicyclic) bond motifs is 1. The van der Waals surface area contributed by atoms with Crippen LogP contribution in [-0.2, 0) is 14.3 Å². The van der Waals surface area contributed by atoms with Gasteiger partial charge in [-0.3, -0.25) is 14.6 Å². The Balaban J connectivity index is 1.45. The highest BCUT2D eigenvalue weighted by Gasteiger charge is 2.31. The van der Waals surface area contributed by atoms with Crippen LogP contribution in [-0.4, -0.2) is 82.3 Å². The Morgan fingerprint density at radius 1 is 1.18 bits per heavy atom. The monoisotopic (exact) mass is 614 g/mol. The van der Waals surface area contributed by atoms with E-state index in [2.05, 4.69) is 20.7 Å². The summed E-state index contributed by atoms with van der Waals surface area (Å²) in [5.41, 5.74) is 6.61. The van der Waals surface area contributed by atoms with Gasteiger partial charge >= 0.3 is 12.1 Å². The van der Waals surface area contributed by atoms with E-state index in [1.54, 1.807) is 44.9 Å². The van der Waals surface area contributed by atoms with Crippen molar-refractivity contribution in [2.24, 2.45) is 16.6 Å². The SMILES string of the molecule is COC(=O)[C@H]1CCCC(N=C(C)/C(=C\N)NC(=O)c2cnn3ccc(N4C[C@H](F)C[C@@H](NC(=O)OC(C)(C)C)C4)nc23)CC1. The Hall–Kier alpha value is -4.23. The molecule has 2 aromatic rings. The molecule has 1 aliphatic carbocycles. The van der Waals surface area contributed by atoms with Crippen LogP contribution in [0.1, 0.15) is 76.6 Å². The zero-order valence-corrected chi connectivity index (χ0v) is 26.0. The number of anilines is 1. The van der Waals surface area contributed by atoms with Gasteiger partial charge < -0.3 is 30.7 Å². The molecule has 1 saturated heterocycles. The minimum Gasteiger partial charge on any atom is -0.469 e. The van der Waals surface area contributed by atoms with Crippen LogP contribution in [0.25, 0.3) is 5.65 Å². The number of alkyl carbamates (subject to hydrolysis) is 1. The van der Waals surface area contributed by atoms with E-state index in [1.165, 1.54) is 24.0 Å². The Morgan fingerprint density at radius 3 is 2.66 bits per heavy atom. The van der Waals surface area contributed by atoms with E-state index in [0.717, 1.165) is 25.7 Å². The van der Waals surface area contributed by atoms with E-state index in [4.69, 9.17) is 20.2 Å². The summed E-state index contributed by atoms with van der Waals surface area (Å²) in [6.07, 6.45) is 6.55. The maximum Gasteiger partial charge on any atom is 0.407 e. The number of halogens is 1.